The van der Waals surface area contributed by atoms with Crippen LogP contribution in [0.25, 0.3) is 0 Å². The summed E-state index contributed by atoms with van der Waals surface area (Å²) in [7, 11) is 0. The molecule has 8 heteroatoms. The number of nitrogens with zero attached hydrogens (tertiary/aromatic N) is 1. The molecule has 2 aromatic carbocycles. The van der Waals surface area contributed by atoms with Crippen molar-refractivity contribution in [2.45, 2.75) is 27.1 Å². The molecule has 28 heavy (non-hydrogen) atoms. The highest BCUT2D eigenvalue weighted by molar-refractivity contribution is 6.06. The van der Waals surface area contributed by atoms with E-state index in [9.17, 15) is 13.6 Å². The zero-order chi connectivity index (χ0) is 20.1. The van der Waals surface area contributed by atoms with Gasteiger partial charge in [-0.15, -0.1) is 0 Å². The Morgan fingerprint density at radius 3 is 2.50 bits per heavy atom. The summed E-state index contributed by atoms with van der Waals surface area (Å²) in [6.07, 6.45) is 0. The number of carbonyl (C=O) groups is 1. The van der Waals surface area contributed by atoms with E-state index in [-0.39, 0.29) is 12.4 Å². The Labute approximate surface area is 160 Å². The zero-order valence-corrected chi connectivity index (χ0v) is 15.2. The fourth-order valence-electron chi connectivity index (χ4n) is 2.56. The third-order valence-corrected chi connectivity index (χ3v) is 4.02. The fourth-order valence-corrected chi connectivity index (χ4v) is 2.56. The predicted octanol–water partition coefficient (Wildman–Crippen LogP) is 4.72. The number of aromatic nitrogens is 1. The Morgan fingerprint density at radius 1 is 1.14 bits per heavy atom. The number of amides is 1. The lowest BCUT2D eigenvalue weighted by Gasteiger charge is -2.12. The van der Waals surface area contributed by atoms with Crippen LogP contribution in [0.4, 0.5) is 14.5 Å². The highest BCUT2D eigenvalue weighted by atomic mass is 19.3. The van der Waals surface area contributed by atoms with E-state index >= 15 is 0 Å². The molecule has 0 saturated heterocycles. The van der Waals surface area contributed by atoms with E-state index in [1.54, 1.807) is 31.2 Å². The quantitative estimate of drug-likeness (QED) is 0.634. The fraction of sp³-hybridized carbons (Fsp3) is 0.200. The summed E-state index contributed by atoms with van der Waals surface area (Å²) in [5.41, 5.74) is 2.32. The molecule has 0 spiro atoms. The SMILES string of the molecule is Cc1noc(C)c1COc1ccccc1C(=O)Nc1ccc(OC(F)F)cc1. The Balaban J connectivity index is 1.70. The van der Waals surface area contributed by atoms with Crippen molar-refractivity contribution in [2.24, 2.45) is 0 Å². The molecule has 0 saturated carbocycles. The lowest BCUT2D eigenvalue weighted by atomic mass is 10.1. The molecule has 0 aliphatic rings. The van der Waals surface area contributed by atoms with Gasteiger partial charge in [-0.3, -0.25) is 4.79 Å². The average Bonchev–Trinajstić information content (AvgIpc) is 2.99. The Hall–Kier alpha value is -3.42. The van der Waals surface area contributed by atoms with E-state index in [1.807, 2.05) is 6.92 Å². The summed E-state index contributed by atoms with van der Waals surface area (Å²) in [5, 5.41) is 6.58. The van der Waals surface area contributed by atoms with E-state index in [0.717, 1.165) is 11.3 Å². The largest absolute Gasteiger partial charge is 0.488 e. The lowest BCUT2D eigenvalue weighted by molar-refractivity contribution is -0.0498. The van der Waals surface area contributed by atoms with Gasteiger partial charge in [0, 0.05) is 5.69 Å². The van der Waals surface area contributed by atoms with Crippen LogP contribution in [0.5, 0.6) is 11.5 Å². The molecule has 0 fully saturated rings. The van der Waals surface area contributed by atoms with Gasteiger partial charge in [-0.05, 0) is 50.2 Å². The van der Waals surface area contributed by atoms with Gasteiger partial charge >= 0.3 is 6.61 Å². The third kappa shape index (κ3) is 4.64. The number of carbonyl (C=O) groups excluding carboxylic acids is 1. The summed E-state index contributed by atoms with van der Waals surface area (Å²) < 4.78 is 39.6. The smallest absolute Gasteiger partial charge is 0.387 e. The first-order valence-electron chi connectivity index (χ1n) is 8.44. The highest BCUT2D eigenvalue weighted by Gasteiger charge is 2.15. The number of benzene rings is 2. The van der Waals surface area contributed by atoms with Crippen LogP contribution in [-0.2, 0) is 6.61 Å². The van der Waals surface area contributed by atoms with Crippen molar-refractivity contribution in [1.29, 1.82) is 0 Å². The van der Waals surface area contributed by atoms with Gasteiger partial charge in [-0.25, -0.2) is 0 Å². The van der Waals surface area contributed by atoms with Crippen LogP contribution in [0.2, 0.25) is 0 Å². The second-order valence-corrected chi connectivity index (χ2v) is 5.94. The van der Waals surface area contributed by atoms with Crippen LogP contribution in [-0.4, -0.2) is 17.7 Å². The van der Waals surface area contributed by atoms with Crippen molar-refractivity contribution in [3.63, 3.8) is 0 Å². The first-order chi connectivity index (χ1) is 13.4. The molecule has 146 valence electrons. The van der Waals surface area contributed by atoms with Crippen LogP contribution < -0.4 is 14.8 Å². The van der Waals surface area contributed by atoms with Gasteiger partial charge in [0.25, 0.3) is 5.91 Å². The van der Waals surface area contributed by atoms with E-state index in [2.05, 4.69) is 15.2 Å². The highest BCUT2D eigenvalue weighted by Crippen LogP contribution is 2.23. The van der Waals surface area contributed by atoms with E-state index < -0.39 is 12.5 Å². The number of para-hydroxylation sites is 1. The molecule has 0 radical (unpaired) electrons. The maximum absolute atomic E-state index is 12.6. The van der Waals surface area contributed by atoms with E-state index in [1.165, 1.54) is 24.3 Å². The minimum Gasteiger partial charge on any atom is -0.488 e. The molecular weight excluding hydrogens is 370 g/mol. The standard InChI is InChI=1S/C20H18F2N2O4/c1-12-17(13(2)28-24-12)11-26-18-6-4-3-5-16(18)19(25)23-14-7-9-15(10-8-14)27-20(21)22/h3-10,20H,11H2,1-2H3,(H,23,25). The summed E-state index contributed by atoms with van der Waals surface area (Å²) in [6, 6.07) is 12.4. The van der Waals surface area contributed by atoms with Crippen LogP contribution in [0.1, 0.15) is 27.4 Å². The molecule has 1 amide bonds. The maximum Gasteiger partial charge on any atom is 0.387 e. The molecule has 0 unspecified atom stereocenters. The number of hydrogen-bond donors (Lipinski definition) is 1. The van der Waals surface area contributed by atoms with Crippen molar-refractivity contribution in [2.75, 3.05) is 5.32 Å². The van der Waals surface area contributed by atoms with Crippen molar-refractivity contribution < 1.29 is 27.6 Å². The number of halogens is 2. The zero-order valence-electron chi connectivity index (χ0n) is 15.2. The summed E-state index contributed by atoms with van der Waals surface area (Å²) in [5.74, 6) is 0.677. The van der Waals surface area contributed by atoms with Crippen LogP contribution in [0.15, 0.2) is 53.1 Å². The van der Waals surface area contributed by atoms with Crippen molar-refractivity contribution >= 4 is 11.6 Å². The monoisotopic (exact) mass is 388 g/mol. The van der Waals surface area contributed by atoms with Crippen molar-refractivity contribution in [1.82, 2.24) is 5.16 Å². The van der Waals surface area contributed by atoms with Crippen molar-refractivity contribution in [3.05, 3.63) is 71.1 Å². The van der Waals surface area contributed by atoms with Gasteiger partial charge < -0.3 is 19.3 Å². The molecule has 0 aliphatic carbocycles. The van der Waals surface area contributed by atoms with Gasteiger partial charge in [-0.2, -0.15) is 8.78 Å². The number of alkyl halides is 2. The molecule has 3 rings (SSSR count). The second kappa shape index (κ2) is 8.51. The Morgan fingerprint density at radius 2 is 1.86 bits per heavy atom. The number of aryl methyl sites for hydroxylation is 2. The first-order valence-corrected chi connectivity index (χ1v) is 8.44. The Kier molecular flexibility index (Phi) is 5.88. The molecule has 1 aromatic heterocycles. The van der Waals surface area contributed by atoms with E-state index in [0.29, 0.717) is 22.8 Å². The summed E-state index contributed by atoms with van der Waals surface area (Å²) in [4.78, 5) is 12.6. The molecule has 0 atom stereocenters. The summed E-state index contributed by atoms with van der Waals surface area (Å²) in [6.45, 7) is 0.918. The second-order valence-electron chi connectivity index (χ2n) is 5.94. The topological polar surface area (TPSA) is 73.6 Å². The molecule has 1 heterocycles. The van der Waals surface area contributed by atoms with E-state index in [4.69, 9.17) is 9.26 Å². The van der Waals surface area contributed by atoms with Crippen LogP contribution >= 0.6 is 0 Å². The molecular formula is C20H18F2N2O4. The molecule has 3 aromatic rings. The number of rotatable bonds is 7. The normalized spacial score (nSPS) is 10.8. The number of nitrogens with one attached hydrogen (secondary N) is 1. The minimum atomic E-state index is -2.90. The molecule has 1 N–H and O–H groups in total. The van der Waals surface area contributed by atoms with Crippen LogP contribution in [0, 0.1) is 13.8 Å². The Bertz CT molecular complexity index is 936. The van der Waals surface area contributed by atoms with Crippen molar-refractivity contribution in [3.8, 4) is 11.5 Å². The number of ether oxygens (including phenoxy) is 2. The van der Waals surface area contributed by atoms with Gasteiger partial charge in [-0.1, -0.05) is 17.3 Å². The number of hydrogen-bond acceptors (Lipinski definition) is 5. The van der Waals surface area contributed by atoms with Gasteiger partial charge in [0.1, 0.15) is 23.9 Å². The predicted molar refractivity (Wildman–Crippen MR) is 97.8 cm³/mol. The minimum absolute atomic E-state index is 0.0104. The van der Waals surface area contributed by atoms with Crippen LogP contribution in [0.3, 0.4) is 0 Å². The van der Waals surface area contributed by atoms with Gasteiger partial charge in [0.2, 0.25) is 0 Å². The first kappa shape index (κ1) is 19.3. The number of anilines is 1. The third-order valence-electron chi connectivity index (χ3n) is 4.02. The molecule has 6 nitrogen and oxygen atoms in total. The summed E-state index contributed by atoms with van der Waals surface area (Å²) >= 11 is 0. The molecule has 0 aliphatic heterocycles. The average molecular weight is 388 g/mol. The van der Waals surface area contributed by atoms with Gasteiger partial charge in [0.15, 0.2) is 0 Å². The maximum atomic E-state index is 12.6. The molecule has 0 bridgehead atoms. The van der Waals surface area contributed by atoms with Gasteiger partial charge in [0.05, 0.1) is 16.8 Å². The lowest BCUT2D eigenvalue weighted by Crippen LogP contribution is -2.14.